The first-order chi connectivity index (χ1) is 10.0. The fraction of sp³-hybridized carbons (Fsp3) is 0.400. The molecule has 112 valence electrons. The lowest BCUT2D eigenvalue weighted by atomic mass is 10.1. The van der Waals surface area contributed by atoms with Crippen molar-refractivity contribution in [3.8, 4) is 0 Å². The van der Waals surface area contributed by atoms with E-state index in [4.69, 9.17) is 5.73 Å². The fourth-order valence-electron chi connectivity index (χ4n) is 2.93. The summed E-state index contributed by atoms with van der Waals surface area (Å²) in [6.07, 6.45) is 2.45. The van der Waals surface area contributed by atoms with Gasteiger partial charge in [0.25, 0.3) is 0 Å². The van der Waals surface area contributed by atoms with Crippen LogP contribution in [-0.4, -0.2) is 38.0 Å². The van der Waals surface area contributed by atoms with Crippen molar-refractivity contribution >= 4 is 26.4 Å². The average Bonchev–Trinajstić information content (AvgIpc) is 2.85. The second kappa shape index (κ2) is 5.27. The van der Waals surface area contributed by atoms with Gasteiger partial charge in [0.1, 0.15) is 5.82 Å². The zero-order valence-electron chi connectivity index (χ0n) is 12.0. The van der Waals surface area contributed by atoms with Crippen molar-refractivity contribution in [1.82, 2.24) is 4.98 Å². The number of sulfone groups is 1. The fourth-order valence-corrected chi connectivity index (χ4v) is 4.71. The van der Waals surface area contributed by atoms with E-state index in [2.05, 4.69) is 4.98 Å². The summed E-state index contributed by atoms with van der Waals surface area (Å²) in [5.74, 6) is 1.30. The van der Waals surface area contributed by atoms with Crippen molar-refractivity contribution in [3.63, 3.8) is 0 Å². The van der Waals surface area contributed by atoms with Crippen LogP contribution in [0.1, 0.15) is 12.0 Å². The van der Waals surface area contributed by atoms with Crippen LogP contribution in [0.15, 0.2) is 30.5 Å². The second-order valence-electron chi connectivity index (χ2n) is 5.52. The monoisotopic (exact) mass is 305 g/mol. The van der Waals surface area contributed by atoms with Gasteiger partial charge < -0.3 is 10.6 Å². The van der Waals surface area contributed by atoms with Gasteiger partial charge in [0.05, 0.1) is 11.5 Å². The van der Waals surface area contributed by atoms with E-state index in [0.717, 1.165) is 22.2 Å². The van der Waals surface area contributed by atoms with Gasteiger partial charge in [-0.2, -0.15) is 0 Å². The molecule has 1 unspecified atom stereocenters. The van der Waals surface area contributed by atoms with Crippen LogP contribution in [0.2, 0.25) is 0 Å². The van der Waals surface area contributed by atoms with Crippen LogP contribution in [-0.2, 0) is 16.4 Å². The van der Waals surface area contributed by atoms with Gasteiger partial charge >= 0.3 is 0 Å². The van der Waals surface area contributed by atoms with Crippen LogP contribution in [0.5, 0.6) is 0 Å². The number of hydrogen-bond acceptors (Lipinski definition) is 5. The maximum Gasteiger partial charge on any atom is 0.152 e. The molecule has 0 radical (unpaired) electrons. The molecule has 1 aromatic heterocycles. The predicted octanol–water partition coefficient (Wildman–Crippen LogP) is 1.32. The summed E-state index contributed by atoms with van der Waals surface area (Å²) in [6.45, 7) is 0.440. The molecular weight excluding hydrogens is 286 g/mol. The Bertz CT molecular complexity index is 774. The summed E-state index contributed by atoms with van der Waals surface area (Å²) in [6, 6.07) is 7.98. The minimum atomic E-state index is -2.90. The van der Waals surface area contributed by atoms with E-state index in [1.54, 1.807) is 6.20 Å². The standard InChI is InChI=1S/C15H19N3O2S/c1-18(12-6-7-21(19,20)10-12)15-14-5-3-2-4-13(14)11(8-16)9-17-15/h2-5,9,12H,6-8,10,16H2,1H3. The first kappa shape index (κ1) is 14.3. The van der Waals surface area contributed by atoms with Gasteiger partial charge in [-0.15, -0.1) is 0 Å². The Morgan fingerprint density at radius 2 is 2.05 bits per heavy atom. The summed E-state index contributed by atoms with van der Waals surface area (Å²) in [5.41, 5.74) is 6.77. The maximum absolute atomic E-state index is 11.7. The number of anilines is 1. The predicted molar refractivity (Wildman–Crippen MR) is 85.1 cm³/mol. The molecule has 0 spiro atoms. The van der Waals surface area contributed by atoms with E-state index < -0.39 is 9.84 Å². The van der Waals surface area contributed by atoms with E-state index in [1.807, 2.05) is 36.2 Å². The van der Waals surface area contributed by atoms with Gasteiger partial charge in [-0.1, -0.05) is 24.3 Å². The first-order valence-electron chi connectivity index (χ1n) is 7.02. The topological polar surface area (TPSA) is 76.3 Å². The molecular formula is C15H19N3O2S. The summed E-state index contributed by atoms with van der Waals surface area (Å²) in [7, 11) is -0.985. The van der Waals surface area contributed by atoms with Gasteiger partial charge in [0, 0.05) is 31.2 Å². The number of benzene rings is 1. The van der Waals surface area contributed by atoms with Gasteiger partial charge in [-0.3, -0.25) is 0 Å². The third-order valence-electron chi connectivity index (χ3n) is 4.17. The van der Waals surface area contributed by atoms with Crippen molar-refractivity contribution in [2.24, 2.45) is 5.73 Å². The Hall–Kier alpha value is -1.66. The number of aromatic nitrogens is 1. The zero-order chi connectivity index (χ0) is 15.0. The molecule has 2 heterocycles. The number of pyridine rings is 1. The SMILES string of the molecule is CN(c1ncc(CN)c2ccccc12)C1CCS(=O)(=O)C1. The molecule has 2 N–H and O–H groups in total. The van der Waals surface area contributed by atoms with Crippen molar-refractivity contribution in [2.45, 2.75) is 19.0 Å². The number of nitrogens with two attached hydrogens (primary N) is 1. The molecule has 0 saturated carbocycles. The molecule has 0 bridgehead atoms. The summed E-state index contributed by atoms with van der Waals surface area (Å²) < 4.78 is 23.4. The van der Waals surface area contributed by atoms with Crippen molar-refractivity contribution < 1.29 is 8.42 Å². The molecule has 21 heavy (non-hydrogen) atoms. The highest BCUT2D eigenvalue weighted by atomic mass is 32.2. The molecule has 6 heteroatoms. The molecule has 0 amide bonds. The lowest BCUT2D eigenvalue weighted by Gasteiger charge is -2.26. The maximum atomic E-state index is 11.7. The summed E-state index contributed by atoms with van der Waals surface area (Å²) in [5, 5.41) is 2.10. The Morgan fingerprint density at radius 1 is 1.33 bits per heavy atom. The molecule has 2 aromatic rings. The van der Waals surface area contributed by atoms with E-state index in [0.29, 0.717) is 13.0 Å². The summed E-state index contributed by atoms with van der Waals surface area (Å²) in [4.78, 5) is 6.51. The van der Waals surface area contributed by atoms with E-state index in [1.165, 1.54) is 0 Å². The van der Waals surface area contributed by atoms with Crippen molar-refractivity contribution in [1.29, 1.82) is 0 Å². The largest absolute Gasteiger partial charge is 0.355 e. The molecule has 3 rings (SSSR count). The number of fused-ring (bicyclic) bond motifs is 1. The minimum absolute atomic E-state index is 0.00497. The van der Waals surface area contributed by atoms with Crippen LogP contribution in [0.25, 0.3) is 10.8 Å². The van der Waals surface area contributed by atoms with Crippen LogP contribution < -0.4 is 10.6 Å². The molecule has 1 atom stereocenters. The van der Waals surface area contributed by atoms with Crippen LogP contribution in [0.4, 0.5) is 5.82 Å². The molecule has 1 fully saturated rings. The van der Waals surface area contributed by atoms with Crippen LogP contribution in [0, 0.1) is 0 Å². The molecule has 5 nitrogen and oxygen atoms in total. The Labute approximate surface area is 124 Å². The van der Waals surface area contributed by atoms with E-state index in [-0.39, 0.29) is 17.5 Å². The van der Waals surface area contributed by atoms with E-state index >= 15 is 0 Å². The number of hydrogen-bond donors (Lipinski definition) is 1. The lowest BCUT2D eigenvalue weighted by molar-refractivity contribution is 0.600. The van der Waals surface area contributed by atoms with Gasteiger partial charge in [0.15, 0.2) is 9.84 Å². The smallest absolute Gasteiger partial charge is 0.152 e. The molecule has 1 saturated heterocycles. The third kappa shape index (κ3) is 2.61. The van der Waals surface area contributed by atoms with Crippen LogP contribution >= 0.6 is 0 Å². The molecule has 1 aromatic carbocycles. The first-order valence-corrected chi connectivity index (χ1v) is 8.84. The minimum Gasteiger partial charge on any atom is -0.355 e. The number of rotatable bonds is 3. The quantitative estimate of drug-likeness (QED) is 0.925. The van der Waals surface area contributed by atoms with Crippen molar-refractivity contribution in [3.05, 3.63) is 36.0 Å². The normalized spacial score (nSPS) is 20.8. The summed E-state index contributed by atoms with van der Waals surface area (Å²) >= 11 is 0. The second-order valence-corrected chi connectivity index (χ2v) is 7.75. The average molecular weight is 305 g/mol. The third-order valence-corrected chi connectivity index (χ3v) is 5.92. The molecule has 1 aliphatic rings. The Morgan fingerprint density at radius 3 is 2.67 bits per heavy atom. The van der Waals surface area contributed by atoms with Gasteiger partial charge in [0.2, 0.25) is 0 Å². The molecule has 0 aliphatic carbocycles. The highest BCUT2D eigenvalue weighted by molar-refractivity contribution is 7.91. The Kier molecular flexibility index (Phi) is 3.59. The van der Waals surface area contributed by atoms with Gasteiger partial charge in [-0.05, 0) is 17.4 Å². The van der Waals surface area contributed by atoms with E-state index in [9.17, 15) is 8.42 Å². The van der Waals surface area contributed by atoms with Crippen LogP contribution in [0.3, 0.4) is 0 Å². The lowest BCUT2D eigenvalue weighted by Crippen LogP contribution is -2.33. The molecule has 1 aliphatic heterocycles. The highest BCUT2D eigenvalue weighted by Gasteiger charge is 2.31. The Balaban J connectivity index is 2.05. The van der Waals surface area contributed by atoms with Gasteiger partial charge in [-0.25, -0.2) is 13.4 Å². The highest BCUT2D eigenvalue weighted by Crippen LogP contribution is 2.29. The number of nitrogens with zero attached hydrogens (tertiary/aromatic N) is 2. The van der Waals surface area contributed by atoms with Crippen molar-refractivity contribution in [2.75, 3.05) is 23.5 Å². The zero-order valence-corrected chi connectivity index (χ0v) is 12.8.